The normalized spacial score (nSPS) is 14.7. The molecule has 1 atom stereocenters. The number of carbonyl (C=O) groups is 2. The van der Waals surface area contributed by atoms with Crippen molar-refractivity contribution < 1.29 is 31.5 Å². The van der Waals surface area contributed by atoms with Crippen LogP contribution in [0.5, 0.6) is 0 Å². The van der Waals surface area contributed by atoms with Gasteiger partial charge in [0.1, 0.15) is 5.78 Å². The molecule has 7 heteroatoms. The molecule has 0 saturated carbocycles. The van der Waals surface area contributed by atoms with Crippen molar-refractivity contribution in [1.82, 2.24) is 0 Å². The summed E-state index contributed by atoms with van der Waals surface area (Å²) in [5.74, 6) is -10.6. The van der Waals surface area contributed by atoms with Crippen molar-refractivity contribution in [2.45, 2.75) is 38.8 Å². The smallest absolute Gasteiger partial charge is 0.299 e. The van der Waals surface area contributed by atoms with E-state index in [1.807, 2.05) is 0 Å². The van der Waals surface area contributed by atoms with Crippen LogP contribution in [0.15, 0.2) is 0 Å². The lowest BCUT2D eigenvalue weighted by Gasteiger charge is -2.22. The van der Waals surface area contributed by atoms with Crippen molar-refractivity contribution in [3.05, 3.63) is 0 Å². The summed E-state index contributed by atoms with van der Waals surface area (Å²) in [6.07, 6.45) is -6.57. The average molecular weight is 246 g/mol. The molecule has 0 aliphatic heterocycles. The van der Waals surface area contributed by atoms with Gasteiger partial charge >= 0.3 is 12.1 Å². The van der Waals surface area contributed by atoms with Crippen molar-refractivity contribution in [2.75, 3.05) is 0 Å². The molecule has 0 amide bonds. The predicted molar refractivity (Wildman–Crippen MR) is 45.1 cm³/mol. The van der Waals surface area contributed by atoms with Crippen LogP contribution in [0.3, 0.4) is 0 Å². The predicted octanol–water partition coefficient (Wildman–Crippen LogP) is 2.76. The maximum Gasteiger partial charge on any atom is 0.461 e. The van der Waals surface area contributed by atoms with Crippen LogP contribution in [0.25, 0.3) is 0 Å². The number of alkyl halides is 5. The number of Topliss-reactive ketones (excluding diaryl/α,β-unsaturated/α-hetero) is 2. The Morgan fingerprint density at radius 3 is 1.75 bits per heavy atom. The molecule has 0 spiro atoms. The number of hydrogen-bond donors (Lipinski definition) is 0. The monoisotopic (exact) mass is 246 g/mol. The van der Waals surface area contributed by atoms with E-state index >= 15 is 0 Å². The average Bonchev–Trinajstić information content (AvgIpc) is 2.16. The lowest BCUT2D eigenvalue weighted by Crippen LogP contribution is -2.48. The maximum absolute atomic E-state index is 12.6. The molecule has 0 aromatic heterocycles. The second-order valence-corrected chi connectivity index (χ2v) is 3.22. The van der Waals surface area contributed by atoms with Gasteiger partial charge in [-0.2, -0.15) is 22.0 Å². The van der Waals surface area contributed by atoms with E-state index in [4.69, 9.17) is 0 Å². The largest absolute Gasteiger partial charge is 0.461 e. The van der Waals surface area contributed by atoms with Crippen LogP contribution in [0.2, 0.25) is 0 Å². The quantitative estimate of drug-likeness (QED) is 0.552. The van der Waals surface area contributed by atoms with E-state index in [2.05, 4.69) is 0 Å². The summed E-state index contributed by atoms with van der Waals surface area (Å²) in [5.41, 5.74) is 0. The van der Waals surface area contributed by atoms with Crippen molar-refractivity contribution >= 4 is 11.6 Å². The van der Waals surface area contributed by atoms with Gasteiger partial charge < -0.3 is 0 Å². The van der Waals surface area contributed by atoms with Gasteiger partial charge in [-0.05, 0) is 6.42 Å². The molecule has 16 heavy (non-hydrogen) atoms. The maximum atomic E-state index is 12.6. The van der Waals surface area contributed by atoms with E-state index in [1.54, 1.807) is 0 Å². The van der Waals surface area contributed by atoms with Crippen molar-refractivity contribution in [1.29, 1.82) is 0 Å². The Kier molecular flexibility index (Phi) is 4.57. The van der Waals surface area contributed by atoms with Crippen LogP contribution < -0.4 is 0 Å². The Labute approximate surface area is 88.8 Å². The van der Waals surface area contributed by atoms with E-state index in [9.17, 15) is 31.5 Å². The first-order chi connectivity index (χ1) is 7.09. The van der Waals surface area contributed by atoms with Gasteiger partial charge in [-0.25, -0.2) is 0 Å². The fraction of sp³-hybridized carbons (Fsp3) is 0.778. The van der Waals surface area contributed by atoms with Crippen LogP contribution in [-0.2, 0) is 9.59 Å². The number of rotatable bonds is 5. The molecule has 0 bridgehead atoms. The number of ketones is 2. The van der Waals surface area contributed by atoms with Crippen LogP contribution in [0, 0.1) is 5.92 Å². The molecule has 0 rings (SSSR count). The number of hydrogen-bond acceptors (Lipinski definition) is 2. The zero-order chi connectivity index (χ0) is 13.1. The van der Waals surface area contributed by atoms with E-state index < -0.39 is 29.6 Å². The fourth-order valence-electron chi connectivity index (χ4n) is 1.16. The Hall–Kier alpha value is -1.01. The second-order valence-electron chi connectivity index (χ2n) is 3.22. The minimum atomic E-state index is -5.95. The van der Waals surface area contributed by atoms with Gasteiger partial charge in [0.2, 0.25) is 5.78 Å². The van der Waals surface area contributed by atoms with E-state index in [0.717, 1.165) is 0 Å². The van der Waals surface area contributed by atoms with E-state index in [-0.39, 0.29) is 12.8 Å². The Balaban J connectivity index is 5.11. The number of carbonyl (C=O) groups excluding carboxylic acids is 2. The first kappa shape index (κ1) is 15.0. The minimum Gasteiger partial charge on any atom is -0.299 e. The van der Waals surface area contributed by atoms with Crippen LogP contribution >= 0.6 is 0 Å². The van der Waals surface area contributed by atoms with Gasteiger partial charge in [-0.1, -0.05) is 13.8 Å². The summed E-state index contributed by atoms with van der Waals surface area (Å²) >= 11 is 0. The third kappa shape index (κ3) is 2.76. The Morgan fingerprint density at radius 1 is 1.06 bits per heavy atom. The van der Waals surface area contributed by atoms with Crippen molar-refractivity contribution in [2.24, 2.45) is 5.92 Å². The summed E-state index contributed by atoms with van der Waals surface area (Å²) in [6.45, 7) is 2.51. The molecule has 2 nitrogen and oxygen atoms in total. The van der Waals surface area contributed by atoms with Crippen LogP contribution in [-0.4, -0.2) is 23.7 Å². The molecule has 0 heterocycles. The zero-order valence-corrected chi connectivity index (χ0v) is 8.70. The van der Waals surface area contributed by atoms with Crippen LogP contribution in [0.1, 0.15) is 26.7 Å². The highest BCUT2D eigenvalue weighted by Gasteiger charge is 2.64. The molecule has 0 saturated heterocycles. The third-order valence-electron chi connectivity index (χ3n) is 2.13. The first-order valence-corrected chi connectivity index (χ1v) is 4.61. The van der Waals surface area contributed by atoms with Gasteiger partial charge in [0.25, 0.3) is 0 Å². The van der Waals surface area contributed by atoms with Gasteiger partial charge in [0, 0.05) is 6.42 Å². The Morgan fingerprint density at radius 2 is 1.50 bits per heavy atom. The standard InChI is InChI=1S/C9H11F5O2/c1-3-5(6(15)4-2)7(16)8(10,11)9(12,13)14/h5H,3-4H2,1-2H3. The van der Waals surface area contributed by atoms with Gasteiger partial charge in [0.15, 0.2) is 0 Å². The molecule has 0 aliphatic carbocycles. The minimum absolute atomic E-state index is 0.252. The Bertz CT molecular complexity index is 282. The summed E-state index contributed by atoms with van der Waals surface area (Å²) < 4.78 is 60.9. The van der Waals surface area contributed by atoms with Gasteiger partial charge in [-0.15, -0.1) is 0 Å². The highest BCUT2D eigenvalue weighted by Crippen LogP contribution is 2.38. The summed E-state index contributed by atoms with van der Waals surface area (Å²) in [4.78, 5) is 22.0. The molecule has 0 aromatic rings. The molecular formula is C9H11F5O2. The molecule has 94 valence electrons. The first-order valence-electron chi connectivity index (χ1n) is 4.61. The zero-order valence-electron chi connectivity index (χ0n) is 8.70. The van der Waals surface area contributed by atoms with Gasteiger partial charge in [-0.3, -0.25) is 9.59 Å². The van der Waals surface area contributed by atoms with Crippen LogP contribution in [0.4, 0.5) is 22.0 Å². The summed E-state index contributed by atoms with van der Waals surface area (Å²) in [6, 6.07) is 0. The molecule has 0 fully saturated rings. The van der Waals surface area contributed by atoms with Gasteiger partial charge in [0.05, 0.1) is 5.92 Å². The topological polar surface area (TPSA) is 34.1 Å². The lowest BCUT2D eigenvalue weighted by molar-refractivity contribution is -0.270. The molecule has 0 aromatic carbocycles. The molecule has 0 N–H and O–H groups in total. The fourth-order valence-corrected chi connectivity index (χ4v) is 1.16. The van der Waals surface area contributed by atoms with E-state index in [1.165, 1.54) is 13.8 Å². The molecule has 0 radical (unpaired) electrons. The van der Waals surface area contributed by atoms with Crippen molar-refractivity contribution in [3.63, 3.8) is 0 Å². The summed E-state index contributed by atoms with van der Waals surface area (Å²) in [5, 5.41) is 0. The number of halogens is 5. The highest BCUT2D eigenvalue weighted by atomic mass is 19.4. The summed E-state index contributed by atoms with van der Waals surface area (Å²) in [7, 11) is 0. The molecular weight excluding hydrogens is 235 g/mol. The van der Waals surface area contributed by atoms with Crippen molar-refractivity contribution in [3.8, 4) is 0 Å². The lowest BCUT2D eigenvalue weighted by atomic mass is 9.90. The van der Waals surface area contributed by atoms with E-state index in [0.29, 0.717) is 0 Å². The molecule has 0 aliphatic rings. The SMILES string of the molecule is CCC(=O)C(CC)C(=O)C(F)(F)C(F)(F)F. The highest BCUT2D eigenvalue weighted by molar-refractivity contribution is 6.05. The second kappa shape index (κ2) is 4.88. The molecule has 1 unspecified atom stereocenters. The third-order valence-corrected chi connectivity index (χ3v) is 2.13.